The number of rotatable bonds is 6. The quantitative estimate of drug-likeness (QED) is 0.826. The van der Waals surface area contributed by atoms with Crippen molar-refractivity contribution >= 4 is 11.6 Å². The van der Waals surface area contributed by atoms with E-state index in [2.05, 4.69) is 36.1 Å². The standard InChI is InChI=1S/C15H26ClN3/c1-4-5-6-13-18-12(14(16)19-13)10-17-11-7-8-15(2,3)9-11/h11,17H,4-10H2,1-3H3,(H,18,19). The summed E-state index contributed by atoms with van der Waals surface area (Å²) in [6.45, 7) is 7.69. The number of imidazole rings is 1. The minimum atomic E-state index is 0.488. The zero-order valence-corrected chi connectivity index (χ0v) is 13.1. The lowest BCUT2D eigenvalue weighted by Gasteiger charge is -2.17. The zero-order chi connectivity index (χ0) is 13.9. The lowest BCUT2D eigenvalue weighted by atomic mass is 9.92. The number of halogens is 1. The van der Waals surface area contributed by atoms with Gasteiger partial charge in [0.05, 0.1) is 5.69 Å². The minimum absolute atomic E-state index is 0.488. The van der Waals surface area contributed by atoms with Gasteiger partial charge in [-0.2, -0.15) is 0 Å². The van der Waals surface area contributed by atoms with E-state index in [1.54, 1.807) is 0 Å². The molecule has 0 spiro atoms. The van der Waals surface area contributed by atoms with Gasteiger partial charge in [-0.05, 0) is 31.1 Å². The summed E-state index contributed by atoms with van der Waals surface area (Å²) in [5.41, 5.74) is 1.53. The fourth-order valence-corrected chi connectivity index (χ4v) is 3.09. The Hall–Kier alpha value is -0.540. The fraction of sp³-hybridized carbons (Fsp3) is 0.800. The molecule has 1 unspecified atom stereocenters. The van der Waals surface area contributed by atoms with E-state index in [9.17, 15) is 0 Å². The molecule has 4 heteroatoms. The SMILES string of the molecule is CCCCc1nc(Cl)c(CNC2CCC(C)(C)C2)[nH]1. The van der Waals surface area contributed by atoms with Crippen molar-refractivity contribution in [1.29, 1.82) is 0 Å². The zero-order valence-electron chi connectivity index (χ0n) is 12.4. The van der Waals surface area contributed by atoms with Crippen molar-refractivity contribution < 1.29 is 0 Å². The van der Waals surface area contributed by atoms with Gasteiger partial charge in [0.2, 0.25) is 0 Å². The molecule has 0 aromatic carbocycles. The molecule has 0 aliphatic heterocycles. The van der Waals surface area contributed by atoms with Gasteiger partial charge in [-0.3, -0.25) is 0 Å². The molecule has 1 aromatic heterocycles. The van der Waals surface area contributed by atoms with E-state index in [4.69, 9.17) is 11.6 Å². The second-order valence-electron chi connectivity index (χ2n) is 6.54. The van der Waals surface area contributed by atoms with Crippen LogP contribution >= 0.6 is 11.6 Å². The highest BCUT2D eigenvalue weighted by Crippen LogP contribution is 2.37. The van der Waals surface area contributed by atoms with Crippen molar-refractivity contribution in [3.8, 4) is 0 Å². The molecular formula is C15H26ClN3. The first kappa shape index (κ1) is 14.9. The van der Waals surface area contributed by atoms with Crippen LogP contribution in [0.4, 0.5) is 0 Å². The predicted octanol–water partition coefficient (Wildman–Crippen LogP) is 4.07. The number of nitrogens with one attached hydrogen (secondary N) is 2. The summed E-state index contributed by atoms with van der Waals surface area (Å²) in [7, 11) is 0. The van der Waals surface area contributed by atoms with Crippen molar-refractivity contribution in [2.24, 2.45) is 5.41 Å². The van der Waals surface area contributed by atoms with Crippen LogP contribution in [0.1, 0.15) is 64.4 Å². The Balaban J connectivity index is 1.84. The predicted molar refractivity (Wildman–Crippen MR) is 80.5 cm³/mol. The number of aromatic nitrogens is 2. The van der Waals surface area contributed by atoms with Gasteiger partial charge in [0, 0.05) is 19.0 Å². The summed E-state index contributed by atoms with van der Waals surface area (Å²) >= 11 is 6.18. The smallest absolute Gasteiger partial charge is 0.151 e. The highest BCUT2D eigenvalue weighted by atomic mass is 35.5. The number of nitrogens with zero attached hydrogens (tertiary/aromatic N) is 1. The Bertz CT molecular complexity index is 412. The molecule has 1 aromatic rings. The topological polar surface area (TPSA) is 40.7 Å². The molecular weight excluding hydrogens is 258 g/mol. The van der Waals surface area contributed by atoms with Crippen LogP contribution in [-0.2, 0) is 13.0 Å². The number of unbranched alkanes of at least 4 members (excludes halogenated alkanes) is 1. The van der Waals surface area contributed by atoms with Crippen LogP contribution in [0.3, 0.4) is 0 Å². The molecule has 3 nitrogen and oxygen atoms in total. The first-order valence-electron chi connectivity index (χ1n) is 7.47. The van der Waals surface area contributed by atoms with Gasteiger partial charge in [-0.15, -0.1) is 0 Å². The molecule has 0 saturated heterocycles. The van der Waals surface area contributed by atoms with Gasteiger partial charge in [-0.1, -0.05) is 38.8 Å². The Morgan fingerprint density at radius 1 is 1.47 bits per heavy atom. The maximum absolute atomic E-state index is 6.18. The summed E-state index contributed by atoms with van der Waals surface area (Å²) in [5.74, 6) is 1.02. The molecule has 1 aliphatic rings. The monoisotopic (exact) mass is 283 g/mol. The maximum Gasteiger partial charge on any atom is 0.151 e. The van der Waals surface area contributed by atoms with E-state index in [0.29, 0.717) is 16.6 Å². The Kier molecular flexibility index (Phi) is 4.91. The minimum Gasteiger partial charge on any atom is -0.344 e. The van der Waals surface area contributed by atoms with Crippen LogP contribution in [0.5, 0.6) is 0 Å². The second-order valence-corrected chi connectivity index (χ2v) is 6.90. The summed E-state index contributed by atoms with van der Waals surface area (Å²) in [5, 5.41) is 4.24. The van der Waals surface area contributed by atoms with Crippen molar-refractivity contribution in [3.63, 3.8) is 0 Å². The van der Waals surface area contributed by atoms with Gasteiger partial charge in [0.15, 0.2) is 5.15 Å². The van der Waals surface area contributed by atoms with Crippen LogP contribution in [0.25, 0.3) is 0 Å². The summed E-state index contributed by atoms with van der Waals surface area (Å²) in [6, 6.07) is 0.619. The van der Waals surface area contributed by atoms with E-state index in [-0.39, 0.29) is 0 Å². The highest BCUT2D eigenvalue weighted by molar-refractivity contribution is 6.30. The first-order valence-corrected chi connectivity index (χ1v) is 7.84. The van der Waals surface area contributed by atoms with E-state index < -0.39 is 0 Å². The van der Waals surface area contributed by atoms with Gasteiger partial charge >= 0.3 is 0 Å². The highest BCUT2D eigenvalue weighted by Gasteiger charge is 2.30. The van der Waals surface area contributed by atoms with Gasteiger partial charge in [0.25, 0.3) is 0 Å². The summed E-state index contributed by atoms with van der Waals surface area (Å²) < 4.78 is 0. The van der Waals surface area contributed by atoms with Crippen LogP contribution in [0, 0.1) is 5.41 Å². The van der Waals surface area contributed by atoms with E-state index in [1.807, 2.05) is 0 Å². The van der Waals surface area contributed by atoms with Crippen LogP contribution in [-0.4, -0.2) is 16.0 Å². The van der Waals surface area contributed by atoms with E-state index in [0.717, 1.165) is 30.9 Å². The molecule has 0 radical (unpaired) electrons. The molecule has 0 amide bonds. The normalized spacial score (nSPS) is 22.0. The van der Waals surface area contributed by atoms with Gasteiger partial charge in [-0.25, -0.2) is 4.98 Å². The molecule has 108 valence electrons. The Morgan fingerprint density at radius 2 is 2.26 bits per heavy atom. The third kappa shape index (κ3) is 4.22. The Morgan fingerprint density at radius 3 is 2.89 bits per heavy atom. The van der Waals surface area contributed by atoms with E-state index >= 15 is 0 Å². The number of hydrogen-bond donors (Lipinski definition) is 2. The van der Waals surface area contributed by atoms with E-state index in [1.165, 1.54) is 25.7 Å². The molecule has 2 N–H and O–H groups in total. The number of aryl methyl sites for hydroxylation is 1. The summed E-state index contributed by atoms with van der Waals surface area (Å²) in [6.07, 6.45) is 7.16. The van der Waals surface area contributed by atoms with Gasteiger partial charge < -0.3 is 10.3 Å². The third-order valence-electron chi connectivity index (χ3n) is 4.08. The molecule has 2 rings (SSSR count). The fourth-order valence-electron chi connectivity index (χ4n) is 2.88. The second kappa shape index (κ2) is 6.27. The number of H-pyrrole nitrogens is 1. The Labute approximate surface area is 121 Å². The molecule has 1 aliphatic carbocycles. The van der Waals surface area contributed by atoms with Crippen molar-refractivity contribution in [2.75, 3.05) is 0 Å². The van der Waals surface area contributed by atoms with Gasteiger partial charge in [0.1, 0.15) is 5.82 Å². The van der Waals surface area contributed by atoms with Crippen LogP contribution < -0.4 is 5.32 Å². The lowest BCUT2D eigenvalue weighted by molar-refractivity contribution is 0.364. The third-order valence-corrected chi connectivity index (χ3v) is 4.39. The molecule has 0 bridgehead atoms. The molecule has 1 atom stereocenters. The van der Waals surface area contributed by atoms with Crippen LogP contribution in [0.15, 0.2) is 0 Å². The molecule has 1 fully saturated rings. The van der Waals surface area contributed by atoms with Crippen molar-refractivity contribution in [3.05, 3.63) is 16.7 Å². The average molecular weight is 284 g/mol. The average Bonchev–Trinajstić information content (AvgIpc) is 2.87. The molecule has 19 heavy (non-hydrogen) atoms. The molecule has 1 saturated carbocycles. The lowest BCUT2D eigenvalue weighted by Crippen LogP contribution is -2.27. The van der Waals surface area contributed by atoms with Crippen molar-refractivity contribution in [2.45, 2.75) is 71.9 Å². The first-order chi connectivity index (χ1) is 9.00. The van der Waals surface area contributed by atoms with Crippen LogP contribution in [0.2, 0.25) is 5.15 Å². The number of hydrogen-bond acceptors (Lipinski definition) is 2. The summed E-state index contributed by atoms with van der Waals surface area (Å²) in [4.78, 5) is 7.75. The maximum atomic E-state index is 6.18. The largest absolute Gasteiger partial charge is 0.344 e. The molecule has 1 heterocycles. The number of aromatic amines is 1. The van der Waals surface area contributed by atoms with Crippen molar-refractivity contribution in [1.82, 2.24) is 15.3 Å².